The number of hydrogen-bond acceptors (Lipinski definition) is 3. The second-order valence-electron chi connectivity index (χ2n) is 3.88. The fourth-order valence-electron chi connectivity index (χ4n) is 1.50. The fraction of sp³-hybridized carbons (Fsp3) is 0.154. The third-order valence-corrected chi connectivity index (χ3v) is 2.80. The molecule has 1 N–H and O–H groups in total. The Balaban J connectivity index is 3.20. The van der Waals surface area contributed by atoms with Gasteiger partial charge in [-0.05, 0) is 0 Å². The number of aromatic nitrogens is 1. The Morgan fingerprint density at radius 2 is 2.11 bits per heavy atom. The number of nitriles is 1. The van der Waals surface area contributed by atoms with Crippen LogP contribution in [0.3, 0.4) is 0 Å². The molecule has 0 aliphatic carbocycles. The van der Waals surface area contributed by atoms with E-state index in [0.717, 1.165) is 6.26 Å². The Hall–Kier alpha value is -2.26. The molecule has 19 heavy (non-hydrogen) atoms. The van der Waals surface area contributed by atoms with Crippen LogP contribution < -0.4 is 4.72 Å². The van der Waals surface area contributed by atoms with Crippen LogP contribution in [-0.4, -0.2) is 19.2 Å². The molecule has 0 saturated carbocycles. The highest BCUT2D eigenvalue weighted by atomic mass is 32.2. The van der Waals surface area contributed by atoms with Gasteiger partial charge in [0.15, 0.2) is 0 Å². The van der Waals surface area contributed by atoms with Gasteiger partial charge in [0, 0.05) is 18.8 Å². The number of anilines is 1. The van der Waals surface area contributed by atoms with Crippen molar-refractivity contribution >= 4 is 21.9 Å². The van der Waals surface area contributed by atoms with Gasteiger partial charge < -0.3 is 4.57 Å². The summed E-state index contributed by atoms with van der Waals surface area (Å²) in [5.74, 6) is 0.261. The molecule has 0 aliphatic rings. The van der Waals surface area contributed by atoms with E-state index in [9.17, 15) is 8.42 Å². The summed E-state index contributed by atoms with van der Waals surface area (Å²) in [6.45, 7) is 3.54. The zero-order chi connectivity index (χ0) is 14.5. The summed E-state index contributed by atoms with van der Waals surface area (Å²) in [6.07, 6.45) is 11.4. The number of allylic oxidation sites excluding steroid dienone is 4. The van der Waals surface area contributed by atoms with Crippen LogP contribution in [0.15, 0.2) is 37.1 Å². The van der Waals surface area contributed by atoms with E-state index in [1.54, 1.807) is 48.2 Å². The molecule has 0 amide bonds. The number of nitrogens with one attached hydrogen (secondary N) is 1. The minimum atomic E-state index is -3.42. The van der Waals surface area contributed by atoms with Gasteiger partial charge >= 0.3 is 0 Å². The summed E-state index contributed by atoms with van der Waals surface area (Å²) in [4.78, 5) is 0. The minimum absolute atomic E-state index is 0.261. The Morgan fingerprint density at radius 1 is 1.42 bits per heavy atom. The normalized spacial score (nSPS) is 11.8. The maximum atomic E-state index is 11.3. The van der Waals surface area contributed by atoms with E-state index in [-0.39, 0.29) is 11.4 Å². The molecule has 0 bridgehead atoms. The lowest BCUT2D eigenvalue weighted by molar-refractivity contribution is 0.606. The van der Waals surface area contributed by atoms with Crippen LogP contribution in [0.2, 0.25) is 0 Å². The van der Waals surface area contributed by atoms with Gasteiger partial charge in [0.05, 0.1) is 6.26 Å². The summed E-state index contributed by atoms with van der Waals surface area (Å²) in [5.41, 5.74) is 0.932. The average molecular weight is 277 g/mol. The highest BCUT2D eigenvalue weighted by Gasteiger charge is 2.15. The van der Waals surface area contributed by atoms with Crippen LogP contribution in [0.25, 0.3) is 6.08 Å². The molecule has 0 aromatic carbocycles. The molecule has 0 saturated heterocycles. The van der Waals surface area contributed by atoms with Gasteiger partial charge in [-0.1, -0.05) is 37.0 Å². The van der Waals surface area contributed by atoms with Gasteiger partial charge in [0.25, 0.3) is 0 Å². The number of nitrogens with zero attached hydrogens (tertiary/aromatic N) is 2. The van der Waals surface area contributed by atoms with Gasteiger partial charge in [0.1, 0.15) is 17.5 Å². The lowest BCUT2D eigenvalue weighted by Gasteiger charge is -2.04. The molecule has 1 heterocycles. The van der Waals surface area contributed by atoms with Crippen molar-refractivity contribution in [2.75, 3.05) is 11.0 Å². The maximum Gasteiger partial charge on any atom is 0.230 e. The Bertz CT molecular complexity index is 673. The van der Waals surface area contributed by atoms with Crippen molar-refractivity contribution in [1.82, 2.24) is 4.57 Å². The van der Waals surface area contributed by atoms with Crippen molar-refractivity contribution in [2.24, 2.45) is 7.05 Å². The van der Waals surface area contributed by atoms with E-state index in [2.05, 4.69) is 11.3 Å². The second kappa shape index (κ2) is 6.07. The predicted octanol–water partition coefficient (Wildman–Crippen LogP) is 2.02. The zero-order valence-electron chi connectivity index (χ0n) is 10.8. The summed E-state index contributed by atoms with van der Waals surface area (Å²) in [6, 6.07) is 2.01. The van der Waals surface area contributed by atoms with E-state index in [1.807, 2.05) is 6.07 Å². The van der Waals surface area contributed by atoms with Gasteiger partial charge in [-0.3, -0.25) is 4.72 Å². The third-order valence-electron chi connectivity index (χ3n) is 2.24. The summed E-state index contributed by atoms with van der Waals surface area (Å²) in [5, 5.41) is 9.15. The molecular weight excluding hydrogens is 262 g/mol. The lowest BCUT2D eigenvalue weighted by atomic mass is 10.2. The van der Waals surface area contributed by atoms with Crippen LogP contribution in [0.1, 0.15) is 11.1 Å². The predicted molar refractivity (Wildman–Crippen MR) is 77.0 cm³/mol. The van der Waals surface area contributed by atoms with E-state index in [1.165, 1.54) is 0 Å². The monoisotopic (exact) mass is 277 g/mol. The summed E-state index contributed by atoms with van der Waals surface area (Å²) in [7, 11) is -1.75. The van der Waals surface area contributed by atoms with E-state index in [4.69, 9.17) is 5.26 Å². The maximum absolute atomic E-state index is 11.3. The molecule has 0 atom stereocenters. The van der Waals surface area contributed by atoms with Crippen molar-refractivity contribution in [2.45, 2.75) is 0 Å². The van der Waals surface area contributed by atoms with Gasteiger partial charge in [-0.25, -0.2) is 8.42 Å². The number of sulfonamides is 1. The molecule has 1 aromatic rings. The van der Waals surface area contributed by atoms with Crippen LogP contribution >= 0.6 is 0 Å². The SMILES string of the molecule is C=C/C=C\C=C\c1cn(C)c(NS(C)(=O)=O)c1C#N. The first-order chi connectivity index (χ1) is 8.89. The summed E-state index contributed by atoms with van der Waals surface area (Å²) >= 11 is 0. The average Bonchev–Trinajstić information content (AvgIpc) is 2.59. The van der Waals surface area contributed by atoms with Gasteiger partial charge in [-0.2, -0.15) is 5.26 Å². The van der Waals surface area contributed by atoms with Crippen molar-refractivity contribution in [3.8, 4) is 6.07 Å². The Kier molecular flexibility index (Phi) is 4.73. The van der Waals surface area contributed by atoms with Gasteiger partial charge in [0.2, 0.25) is 10.0 Å². The largest absolute Gasteiger partial charge is 0.335 e. The Labute approximate surface area is 113 Å². The fourth-order valence-corrected chi connectivity index (χ4v) is 2.09. The molecule has 5 nitrogen and oxygen atoms in total. The van der Waals surface area contributed by atoms with Crippen LogP contribution in [0, 0.1) is 11.3 Å². The van der Waals surface area contributed by atoms with Crippen molar-refractivity contribution in [1.29, 1.82) is 5.26 Å². The first kappa shape index (κ1) is 14.8. The third kappa shape index (κ3) is 4.16. The molecule has 6 heteroatoms. The quantitative estimate of drug-likeness (QED) is 0.837. The summed E-state index contributed by atoms with van der Waals surface area (Å²) < 4.78 is 26.4. The van der Waals surface area contributed by atoms with E-state index >= 15 is 0 Å². The topological polar surface area (TPSA) is 74.9 Å². The molecular formula is C13H15N3O2S. The minimum Gasteiger partial charge on any atom is -0.335 e. The number of aryl methyl sites for hydroxylation is 1. The van der Waals surface area contributed by atoms with Crippen molar-refractivity contribution < 1.29 is 8.42 Å². The molecule has 1 aromatic heterocycles. The smallest absolute Gasteiger partial charge is 0.230 e. The second-order valence-corrected chi connectivity index (χ2v) is 5.63. The van der Waals surface area contributed by atoms with Crippen LogP contribution in [0.5, 0.6) is 0 Å². The van der Waals surface area contributed by atoms with Crippen LogP contribution in [0.4, 0.5) is 5.82 Å². The molecule has 100 valence electrons. The highest BCUT2D eigenvalue weighted by molar-refractivity contribution is 7.92. The number of rotatable bonds is 5. The molecule has 0 unspecified atom stereocenters. The van der Waals surface area contributed by atoms with Crippen molar-refractivity contribution in [3.05, 3.63) is 48.2 Å². The van der Waals surface area contributed by atoms with Crippen LogP contribution in [-0.2, 0) is 17.1 Å². The standard InChI is InChI=1S/C13H15N3O2S/c1-4-5-6-7-8-11-10-16(2)13(12(11)9-14)15-19(3,17)18/h4-8,10,15H,1H2,2-3H3/b6-5-,8-7+. The van der Waals surface area contributed by atoms with Crippen molar-refractivity contribution in [3.63, 3.8) is 0 Å². The molecule has 0 radical (unpaired) electrons. The van der Waals surface area contributed by atoms with E-state index in [0.29, 0.717) is 5.56 Å². The molecule has 1 rings (SSSR count). The first-order valence-electron chi connectivity index (χ1n) is 5.42. The lowest BCUT2D eigenvalue weighted by Crippen LogP contribution is -2.13. The van der Waals surface area contributed by atoms with E-state index < -0.39 is 10.0 Å². The molecule has 0 aliphatic heterocycles. The molecule has 0 spiro atoms. The Morgan fingerprint density at radius 3 is 2.63 bits per heavy atom. The number of hydrogen-bond donors (Lipinski definition) is 1. The zero-order valence-corrected chi connectivity index (χ0v) is 11.6. The highest BCUT2D eigenvalue weighted by Crippen LogP contribution is 2.23. The van der Waals surface area contributed by atoms with Gasteiger partial charge in [-0.15, -0.1) is 0 Å². The molecule has 0 fully saturated rings. The first-order valence-corrected chi connectivity index (χ1v) is 7.31.